The fourth-order valence-electron chi connectivity index (χ4n) is 3.18. The molecular weight excluding hydrogens is 418 g/mol. The van der Waals surface area contributed by atoms with Gasteiger partial charge in [0.05, 0.1) is 32.9 Å². The highest BCUT2D eigenvalue weighted by atomic mass is 16.5. The molecule has 0 radical (unpaired) electrons. The maximum atomic E-state index is 9.89. The minimum absolute atomic E-state index is 0.121. The van der Waals surface area contributed by atoms with Crippen molar-refractivity contribution in [2.24, 2.45) is 4.99 Å². The molecular formula is C25H23N5O3. The summed E-state index contributed by atoms with van der Waals surface area (Å²) in [5, 5.41) is 33.7. The first kappa shape index (κ1) is 23.3. The van der Waals surface area contributed by atoms with Gasteiger partial charge in [0.1, 0.15) is 34.9 Å². The molecule has 0 fully saturated rings. The van der Waals surface area contributed by atoms with E-state index in [9.17, 15) is 15.6 Å². The van der Waals surface area contributed by atoms with Crippen LogP contribution in [0, 0.1) is 29.6 Å². The molecule has 0 spiro atoms. The zero-order chi connectivity index (χ0) is 23.8. The Hall–Kier alpha value is -4.40. The Morgan fingerprint density at radius 1 is 1.15 bits per heavy atom. The lowest BCUT2D eigenvalue weighted by Crippen LogP contribution is -2.04. The van der Waals surface area contributed by atoms with Gasteiger partial charge >= 0.3 is 0 Å². The van der Waals surface area contributed by atoms with Gasteiger partial charge < -0.3 is 14.6 Å². The van der Waals surface area contributed by atoms with E-state index in [1.807, 2.05) is 31.2 Å². The molecule has 33 heavy (non-hydrogen) atoms. The molecule has 0 saturated carbocycles. The number of aliphatic imine (C=N–C) groups is 1. The van der Waals surface area contributed by atoms with Gasteiger partial charge in [-0.15, -0.1) is 0 Å². The quantitative estimate of drug-likeness (QED) is 0.419. The summed E-state index contributed by atoms with van der Waals surface area (Å²) in [7, 11) is 3.07. The Kier molecular flexibility index (Phi) is 7.59. The normalized spacial score (nSPS) is 11.3. The molecule has 8 heteroatoms. The summed E-state index contributed by atoms with van der Waals surface area (Å²) in [6.45, 7) is 1.91. The molecule has 0 aliphatic carbocycles. The number of nitrogens with zero attached hydrogens (tertiary/aromatic N) is 5. The SMILES string of the molecule is COc1ccc(OC)c(/C=C(\C#N)c2nn(CCO)c(/N=C/c3ccc(C)cc3)c2C#N)c1. The topological polar surface area (TPSA) is 116 Å². The number of aliphatic hydroxyl groups excluding tert-OH is 1. The van der Waals surface area contributed by atoms with Crippen molar-refractivity contribution in [1.29, 1.82) is 10.5 Å². The second kappa shape index (κ2) is 10.8. The second-order valence-corrected chi connectivity index (χ2v) is 7.05. The predicted octanol–water partition coefficient (Wildman–Crippen LogP) is 3.89. The summed E-state index contributed by atoms with van der Waals surface area (Å²) >= 11 is 0. The number of aromatic nitrogens is 2. The van der Waals surface area contributed by atoms with Crippen molar-refractivity contribution in [3.05, 3.63) is 70.4 Å². The second-order valence-electron chi connectivity index (χ2n) is 7.05. The molecule has 2 aromatic carbocycles. The molecule has 3 aromatic rings. The number of aryl methyl sites for hydroxylation is 1. The number of allylic oxidation sites excluding steroid dienone is 1. The Morgan fingerprint density at radius 2 is 1.91 bits per heavy atom. The first-order valence-corrected chi connectivity index (χ1v) is 10.1. The number of aliphatic hydroxyl groups is 1. The van der Waals surface area contributed by atoms with Crippen molar-refractivity contribution < 1.29 is 14.6 Å². The number of nitriles is 2. The van der Waals surface area contributed by atoms with Crippen LogP contribution in [0.4, 0.5) is 5.82 Å². The molecule has 0 amide bonds. The fourth-order valence-corrected chi connectivity index (χ4v) is 3.18. The number of rotatable bonds is 8. The van der Waals surface area contributed by atoms with Crippen molar-refractivity contribution in [1.82, 2.24) is 9.78 Å². The molecule has 0 atom stereocenters. The number of methoxy groups -OCH3 is 2. The van der Waals surface area contributed by atoms with E-state index in [1.54, 1.807) is 37.6 Å². The lowest BCUT2D eigenvalue weighted by atomic mass is 10.0. The number of hydrogen-bond donors (Lipinski definition) is 1. The van der Waals surface area contributed by atoms with Crippen LogP contribution < -0.4 is 9.47 Å². The van der Waals surface area contributed by atoms with Gasteiger partial charge in [0.25, 0.3) is 0 Å². The minimum Gasteiger partial charge on any atom is -0.497 e. The first-order valence-electron chi connectivity index (χ1n) is 10.1. The van der Waals surface area contributed by atoms with E-state index in [0.717, 1.165) is 11.1 Å². The Bertz CT molecular complexity index is 1280. The van der Waals surface area contributed by atoms with Gasteiger partial charge in [-0.05, 0) is 36.8 Å². The van der Waals surface area contributed by atoms with Crippen molar-refractivity contribution in [3.63, 3.8) is 0 Å². The van der Waals surface area contributed by atoms with E-state index in [4.69, 9.17) is 9.47 Å². The molecule has 3 rings (SSSR count). The molecule has 0 bridgehead atoms. The predicted molar refractivity (Wildman–Crippen MR) is 125 cm³/mol. The van der Waals surface area contributed by atoms with E-state index < -0.39 is 0 Å². The summed E-state index contributed by atoms with van der Waals surface area (Å²) in [4.78, 5) is 4.46. The van der Waals surface area contributed by atoms with Gasteiger partial charge in [-0.3, -0.25) is 0 Å². The highest BCUT2D eigenvalue weighted by Gasteiger charge is 2.21. The van der Waals surface area contributed by atoms with Crippen LogP contribution in [0.1, 0.15) is 27.9 Å². The molecule has 166 valence electrons. The number of hydrogen-bond acceptors (Lipinski definition) is 7. The largest absolute Gasteiger partial charge is 0.497 e. The van der Waals surface area contributed by atoms with E-state index in [-0.39, 0.29) is 35.8 Å². The minimum atomic E-state index is -0.200. The van der Waals surface area contributed by atoms with Crippen LogP contribution in [0.3, 0.4) is 0 Å². The summed E-state index contributed by atoms with van der Waals surface area (Å²) in [5.74, 6) is 1.39. The lowest BCUT2D eigenvalue weighted by molar-refractivity contribution is 0.270. The molecule has 1 heterocycles. The molecule has 8 nitrogen and oxygen atoms in total. The zero-order valence-electron chi connectivity index (χ0n) is 18.6. The van der Waals surface area contributed by atoms with E-state index >= 15 is 0 Å². The van der Waals surface area contributed by atoms with E-state index in [2.05, 4.69) is 22.2 Å². The van der Waals surface area contributed by atoms with Crippen LogP contribution in [0.5, 0.6) is 11.5 Å². The monoisotopic (exact) mass is 441 g/mol. The highest BCUT2D eigenvalue weighted by Crippen LogP contribution is 2.32. The molecule has 0 saturated heterocycles. The van der Waals surface area contributed by atoms with Crippen LogP contribution in [-0.4, -0.2) is 41.9 Å². The van der Waals surface area contributed by atoms with Crippen LogP contribution in [0.25, 0.3) is 11.6 Å². The maximum Gasteiger partial charge on any atom is 0.169 e. The van der Waals surface area contributed by atoms with Gasteiger partial charge in [0, 0.05) is 11.8 Å². The van der Waals surface area contributed by atoms with Gasteiger partial charge in [0.15, 0.2) is 5.82 Å². The summed E-state index contributed by atoms with van der Waals surface area (Å²) < 4.78 is 12.1. The molecule has 1 aromatic heterocycles. The van der Waals surface area contributed by atoms with E-state index in [1.165, 1.54) is 11.8 Å². The number of benzene rings is 2. The lowest BCUT2D eigenvalue weighted by Gasteiger charge is -2.07. The standard InChI is InChI=1S/C25H23N5O3/c1-17-4-6-18(7-5-17)16-28-25-22(15-27)24(29-30(25)10-11-31)20(14-26)12-19-13-21(32-2)8-9-23(19)33-3/h4-9,12-13,16,31H,10-11H2,1-3H3/b20-12+,28-16+. The smallest absolute Gasteiger partial charge is 0.169 e. The fraction of sp³-hybridized carbons (Fsp3) is 0.200. The van der Waals surface area contributed by atoms with E-state index in [0.29, 0.717) is 17.1 Å². The first-order chi connectivity index (χ1) is 16.0. The van der Waals surface area contributed by atoms with Gasteiger partial charge in [0.2, 0.25) is 0 Å². The third kappa shape index (κ3) is 5.27. The summed E-state index contributed by atoms with van der Waals surface area (Å²) in [6, 6.07) is 17.2. The van der Waals surface area contributed by atoms with Crippen LogP contribution in [0.15, 0.2) is 47.5 Å². The average Bonchev–Trinajstić information content (AvgIpc) is 3.19. The Balaban J connectivity index is 2.13. The molecule has 1 N–H and O–H groups in total. The van der Waals surface area contributed by atoms with Crippen molar-refractivity contribution in [2.45, 2.75) is 13.5 Å². The van der Waals surface area contributed by atoms with Gasteiger partial charge in [-0.2, -0.15) is 15.6 Å². The summed E-state index contributed by atoms with van der Waals surface area (Å²) in [6.07, 6.45) is 3.21. The molecule has 0 unspecified atom stereocenters. The van der Waals surface area contributed by atoms with Crippen LogP contribution in [-0.2, 0) is 6.54 Å². The Morgan fingerprint density at radius 3 is 2.52 bits per heavy atom. The number of ether oxygens (including phenoxy) is 2. The van der Waals surface area contributed by atoms with Gasteiger partial charge in [-0.25, -0.2) is 9.67 Å². The third-order valence-electron chi connectivity index (χ3n) is 4.87. The highest BCUT2D eigenvalue weighted by molar-refractivity contribution is 5.93. The molecule has 0 aliphatic heterocycles. The van der Waals surface area contributed by atoms with Crippen molar-refractivity contribution in [2.75, 3.05) is 20.8 Å². The molecule has 0 aliphatic rings. The summed E-state index contributed by atoms with van der Waals surface area (Å²) in [5.41, 5.74) is 3.03. The Labute approximate surface area is 192 Å². The van der Waals surface area contributed by atoms with Crippen molar-refractivity contribution >= 4 is 23.7 Å². The zero-order valence-corrected chi connectivity index (χ0v) is 18.6. The maximum absolute atomic E-state index is 9.89. The average molecular weight is 441 g/mol. The van der Waals surface area contributed by atoms with Crippen LogP contribution >= 0.6 is 0 Å². The van der Waals surface area contributed by atoms with Gasteiger partial charge in [-0.1, -0.05) is 29.8 Å². The van der Waals surface area contributed by atoms with Crippen molar-refractivity contribution in [3.8, 4) is 23.6 Å². The third-order valence-corrected chi connectivity index (χ3v) is 4.87. The van der Waals surface area contributed by atoms with Crippen LogP contribution in [0.2, 0.25) is 0 Å².